The van der Waals surface area contributed by atoms with Crippen LogP contribution < -0.4 is 5.32 Å². The Bertz CT molecular complexity index is 451. The fraction of sp³-hybridized carbons (Fsp3) is 0.667. The van der Waals surface area contributed by atoms with Crippen molar-refractivity contribution >= 4 is 0 Å². The molecule has 1 saturated carbocycles. The van der Waals surface area contributed by atoms with Crippen LogP contribution in [0.1, 0.15) is 69.0 Å². The van der Waals surface area contributed by atoms with E-state index in [0.29, 0.717) is 17.8 Å². The second-order valence-electron chi connectivity index (χ2n) is 6.68. The van der Waals surface area contributed by atoms with Crippen LogP contribution in [0.25, 0.3) is 0 Å². The molecule has 2 unspecified atom stereocenters. The minimum absolute atomic E-state index is 0.405. The zero-order valence-electron chi connectivity index (χ0n) is 12.6. The quantitative estimate of drug-likeness (QED) is 0.859. The van der Waals surface area contributed by atoms with Crippen LogP contribution >= 0.6 is 0 Å². The summed E-state index contributed by atoms with van der Waals surface area (Å²) in [6.45, 7) is 2.35. The van der Waals surface area contributed by atoms with E-state index in [9.17, 15) is 5.11 Å². The first kappa shape index (κ1) is 13.9. The second kappa shape index (κ2) is 6.17. The Morgan fingerprint density at radius 3 is 2.70 bits per heavy atom. The number of rotatable bonds is 3. The van der Waals surface area contributed by atoms with Crippen molar-refractivity contribution in [2.75, 3.05) is 0 Å². The first-order valence-corrected chi connectivity index (χ1v) is 8.32. The molecular formula is C18H27NO. The molecule has 2 nitrogen and oxygen atoms in total. The van der Waals surface area contributed by atoms with E-state index >= 15 is 0 Å². The third-order valence-electron chi connectivity index (χ3n) is 5.26. The lowest BCUT2D eigenvalue weighted by Gasteiger charge is -2.34. The standard InChI is InChI=1S/C18H27NO/c1-13(14-6-3-2-4-7-14)19-18-9-5-8-15-10-11-16(20)12-17(15)18/h10-14,18-20H,2-9H2,1H3. The number of benzene rings is 1. The van der Waals surface area contributed by atoms with E-state index in [-0.39, 0.29) is 0 Å². The van der Waals surface area contributed by atoms with Crippen LogP contribution in [0.3, 0.4) is 0 Å². The van der Waals surface area contributed by atoms with Crippen LogP contribution in [0, 0.1) is 5.92 Å². The molecule has 0 amide bonds. The number of nitrogens with one attached hydrogen (secondary N) is 1. The Kier molecular flexibility index (Phi) is 4.30. The average Bonchev–Trinajstić information content (AvgIpc) is 2.49. The SMILES string of the molecule is CC(NC1CCCc2ccc(O)cc21)C1CCCCC1. The Labute approximate surface area is 122 Å². The summed E-state index contributed by atoms with van der Waals surface area (Å²) in [4.78, 5) is 0. The Hall–Kier alpha value is -1.02. The molecule has 0 saturated heterocycles. The summed E-state index contributed by atoms with van der Waals surface area (Å²) in [7, 11) is 0. The summed E-state index contributed by atoms with van der Waals surface area (Å²) in [6, 6.07) is 6.92. The van der Waals surface area contributed by atoms with Gasteiger partial charge in [0.05, 0.1) is 0 Å². The van der Waals surface area contributed by atoms with Crippen LogP contribution in [0.4, 0.5) is 0 Å². The maximum Gasteiger partial charge on any atom is 0.115 e. The van der Waals surface area contributed by atoms with E-state index in [4.69, 9.17) is 0 Å². The molecule has 0 heterocycles. The Balaban J connectivity index is 1.70. The largest absolute Gasteiger partial charge is 0.508 e. The highest BCUT2D eigenvalue weighted by Gasteiger charge is 2.26. The van der Waals surface area contributed by atoms with Crippen LogP contribution in [0.15, 0.2) is 18.2 Å². The van der Waals surface area contributed by atoms with Crippen LogP contribution in [-0.4, -0.2) is 11.1 Å². The highest BCUT2D eigenvalue weighted by molar-refractivity contribution is 5.38. The minimum atomic E-state index is 0.405. The molecule has 0 aliphatic heterocycles. The van der Waals surface area contributed by atoms with Gasteiger partial charge in [-0.1, -0.05) is 25.3 Å². The number of phenols is 1. The van der Waals surface area contributed by atoms with Gasteiger partial charge < -0.3 is 10.4 Å². The topological polar surface area (TPSA) is 32.3 Å². The van der Waals surface area contributed by atoms with Gasteiger partial charge in [0.2, 0.25) is 0 Å². The van der Waals surface area contributed by atoms with E-state index in [0.717, 1.165) is 12.3 Å². The second-order valence-corrected chi connectivity index (χ2v) is 6.68. The lowest BCUT2D eigenvalue weighted by molar-refractivity contribution is 0.256. The lowest BCUT2D eigenvalue weighted by atomic mass is 9.82. The molecular weight excluding hydrogens is 246 g/mol. The van der Waals surface area contributed by atoms with Gasteiger partial charge >= 0.3 is 0 Å². The molecule has 0 radical (unpaired) electrons. The van der Waals surface area contributed by atoms with E-state index in [1.807, 2.05) is 12.1 Å². The van der Waals surface area contributed by atoms with E-state index in [2.05, 4.69) is 18.3 Å². The lowest BCUT2D eigenvalue weighted by Crippen LogP contribution is -2.38. The van der Waals surface area contributed by atoms with Crippen molar-refractivity contribution in [1.82, 2.24) is 5.32 Å². The van der Waals surface area contributed by atoms with Gasteiger partial charge in [0.1, 0.15) is 5.75 Å². The maximum absolute atomic E-state index is 9.76. The third kappa shape index (κ3) is 3.01. The van der Waals surface area contributed by atoms with E-state index in [1.165, 1.54) is 56.1 Å². The third-order valence-corrected chi connectivity index (χ3v) is 5.26. The monoisotopic (exact) mass is 273 g/mol. The van der Waals surface area contributed by atoms with Gasteiger partial charge in [0, 0.05) is 12.1 Å². The molecule has 2 N–H and O–H groups in total. The summed E-state index contributed by atoms with van der Waals surface area (Å²) < 4.78 is 0. The molecule has 2 atom stereocenters. The molecule has 0 spiro atoms. The molecule has 20 heavy (non-hydrogen) atoms. The molecule has 110 valence electrons. The minimum Gasteiger partial charge on any atom is -0.508 e. The van der Waals surface area contributed by atoms with Crippen molar-refractivity contribution < 1.29 is 5.11 Å². The molecule has 2 heteroatoms. The van der Waals surface area contributed by atoms with Crippen LogP contribution in [0.5, 0.6) is 5.75 Å². The Morgan fingerprint density at radius 1 is 1.10 bits per heavy atom. The Morgan fingerprint density at radius 2 is 1.90 bits per heavy atom. The number of fused-ring (bicyclic) bond motifs is 1. The van der Waals surface area contributed by atoms with Gasteiger partial charge in [-0.05, 0) is 68.2 Å². The molecule has 0 aromatic heterocycles. The highest BCUT2D eigenvalue weighted by Crippen LogP contribution is 2.34. The predicted octanol–water partition coefficient (Wildman–Crippen LogP) is 4.33. The maximum atomic E-state index is 9.76. The van der Waals surface area contributed by atoms with Crippen LogP contribution in [0.2, 0.25) is 0 Å². The first-order chi connectivity index (χ1) is 9.74. The fourth-order valence-corrected chi connectivity index (χ4v) is 4.05. The number of phenolic OH excluding ortho intramolecular Hbond substituents is 1. The van der Waals surface area contributed by atoms with Crippen LogP contribution in [-0.2, 0) is 6.42 Å². The molecule has 1 fully saturated rings. The molecule has 2 aliphatic rings. The normalized spacial score (nSPS) is 25.1. The smallest absolute Gasteiger partial charge is 0.115 e. The number of aromatic hydroxyl groups is 1. The van der Waals surface area contributed by atoms with Gasteiger partial charge in [-0.15, -0.1) is 0 Å². The fourth-order valence-electron chi connectivity index (χ4n) is 4.05. The van der Waals surface area contributed by atoms with Gasteiger partial charge in [-0.25, -0.2) is 0 Å². The predicted molar refractivity (Wildman–Crippen MR) is 83.0 cm³/mol. The highest BCUT2D eigenvalue weighted by atomic mass is 16.3. The zero-order chi connectivity index (χ0) is 13.9. The van der Waals surface area contributed by atoms with Crippen molar-refractivity contribution in [3.63, 3.8) is 0 Å². The summed E-state index contributed by atoms with van der Waals surface area (Å²) in [5.74, 6) is 1.24. The van der Waals surface area contributed by atoms with Gasteiger partial charge in [-0.3, -0.25) is 0 Å². The number of hydrogen-bond donors (Lipinski definition) is 2. The summed E-state index contributed by atoms with van der Waals surface area (Å²) in [6.07, 6.45) is 10.6. The van der Waals surface area contributed by atoms with Crippen molar-refractivity contribution in [2.45, 2.75) is 70.4 Å². The van der Waals surface area contributed by atoms with Gasteiger partial charge in [-0.2, -0.15) is 0 Å². The van der Waals surface area contributed by atoms with Crippen molar-refractivity contribution in [3.8, 4) is 5.75 Å². The number of aryl methyl sites for hydroxylation is 1. The molecule has 1 aromatic carbocycles. The first-order valence-electron chi connectivity index (χ1n) is 8.32. The molecule has 3 rings (SSSR count). The summed E-state index contributed by atoms with van der Waals surface area (Å²) in [5.41, 5.74) is 2.75. The summed E-state index contributed by atoms with van der Waals surface area (Å²) >= 11 is 0. The van der Waals surface area contributed by atoms with Crippen molar-refractivity contribution in [1.29, 1.82) is 0 Å². The van der Waals surface area contributed by atoms with E-state index in [1.54, 1.807) is 0 Å². The molecule has 0 bridgehead atoms. The molecule has 2 aliphatic carbocycles. The average molecular weight is 273 g/mol. The van der Waals surface area contributed by atoms with Crippen molar-refractivity contribution in [2.24, 2.45) is 5.92 Å². The van der Waals surface area contributed by atoms with Gasteiger partial charge in [0.15, 0.2) is 0 Å². The van der Waals surface area contributed by atoms with Crippen molar-refractivity contribution in [3.05, 3.63) is 29.3 Å². The summed E-state index contributed by atoms with van der Waals surface area (Å²) in [5, 5.41) is 13.6. The van der Waals surface area contributed by atoms with E-state index < -0.39 is 0 Å². The zero-order valence-corrected chi connectivity index (χ0v) is 12.6. The molecule has 1 aromatic rings. The van der Waals surface area contributed by atoms with Gasteiger partial charge in [0.25, 0.3) is 0 Å². The number of hydrogen-bond acceptors (Lipinski definition) is 2.